The Labute approximate surface area is 119 Å². The predicted molar refractivity (Wildman–Crippen MR) is 85.8 cm³/mol. The molecule has 0 aliphatic rings. The van der Waals surface area contributed by atoms with E-state index < -0.39 is 0 Å². The fourth-order valence-electron chi connectivity index (χ4n) is 2.46. The predicted octanol–water partition coefficient (Wildman–Crippen LogP) is 4.91. The maximum atomic E-state index is 3.67. The molecule has 0 amide bonds. The van der Waals surface area contributed by atoms with Gasteiger partial charge in [-0.2, -0.15) is 0 Å². The number of hydrogen-bond acceptors (Lipinski definition) is 1. The Morgan fingerprint density at radius 2 is 1.63 bits per heavy atom. The minimum Gasteiger partial charge on any atom is -0.314 e. The molecule has 0 fully saturated rings. The average Bonchev–Trinajstić information content (AvgIpc) is 2.42. The molecule has 0 bridgehead atoms. The van der Waals surface area contributed by atoms with Gasteiger partial charge in [0.15, 0.2) is 0 Å². The summed E-state index contributed by atoms with van der Waals surface area (Å²) in [6.07, 6.45) is 6.25. The van der Waals surface area contributed by atoms with E-state index in [9.17, 15) is 0 Å². The molecule has 1 nitrogen and oxygen atoms in total. The molecular formula is C18H31N. The van der Waals surface area contributed by atoms with E-state index in [1.807, 2.05) is 0 Å². The van der Waals surface area contributed by atoms with Gasteiger partial charge < -0.3 is 5.32 Å². The maximum absolute atomic E-state index is 3.67. The molecule has 19 heavy (non-hydrogen) atoms. The lowest BCUT2D eigenvalue weighted by atomic mass is 9.98. The lowest BCUT2D eigenvalue weighted by Crippen LogP contribution is -2.30. The highest BCUT2D eigenvalue weighted by molar-refractivity contribution is 5.24. The van der Waals surface area contributed by atoms with Crippen molar-refractivity contribution in [1.82, 2.24) is 5.32 Å². The quantitative estimate of drug-likeness (QED) is 0.666. The van der Waals surface area contributed by atoms with E-state index in [0.717, 1.165) is 6.54 Å². The monoisotopic (exact) mass is 261 g/mol. The van der Waals surface area contributed by atoms with Gasteiger partial charge in [-0.05, 0) is 49.3 Å². The Hall–Kier alpha value is -0.820. The van der Waals surface area contributed by atoms with Crippen molar-refractivity contribution < 1.29 is 0 Å². The van der Waals surface area contributed by atoms with Crippen LogP contribution in [0.4, 0.5) is 0 Å². The summed E-state index contributed by atoms with van der Waals surface area (Å²) in [7, 11) is 0. The van der Waals surface area contributed by atoms with Crippen molar-refractivity contribution in [2.24, 2.45) is 0 Å². The second-order valence-electron chi connectivity index (χ2n) is 5.87. The average molecular weight is 261 g/mol. The van der Waals surface area contributed by atoms with Crippen LogP contribution in [-0.2, 0) is 6.42 Å². The van der Waals surface area contributed by atoms with Crippen LogP contribution in [0.2, 0.25) is 0 Å². The van der Waals surface area contributed by atoms with Gasteiger partial charge in [-0.15, -0.1) is 0 Å². The lowest BCUT2D eigenvalue weighted by Gasteiger charge is -2.18. The van der Waals surface area contributed by atoms with Crippen LogP contribution in [0, 0.1) is 0 Å². The van der Waals surface area contributed by atoms with E-state index in [0.29, 0.717) is 12.0 Å². The van der Waals surface area contributed by atoms with Crippen molar-refractivity contribution in [2.45, 2.75) is 71.8 Å². The van der Waals surface area contributed by atoms with E-state index in [-0.39, 0.29) is 0 Å². The fraction of sp³-hybridized carbons (Fsp3) is 0.667. The number of rotatable bonds is 9. The number of aryl methyl sites for hydroxylation is 1. The molecule has 1 aromatic carbocycles. The van der Waals surface area contributed by atoms with Crippen LogP contribution in [0.5, 0.6) is 0 Å². The van der Waals surface area contributed by atoms with Crippen molar-refractivity contribution in [2.75, 3.05) is 6.54 Å². The zero-order chi connectivity index (χ0) is 14.1. The summed E-state index contributed by atoms with van der Waals surface area (Å²) in [5.74, 6) is 0.633. The molecule has 1 atom stereocenters. The van der Waals surface area contributed by atoms with Crippen LogP contribution in [0.1, 0.15) is 70.4 Å². The highest BCUT2D eigenvalue weighted by Gasteiger charge is 2.07. The van der Waals surface area contributed by atoms with Gasteiger partial charge in [-0.3, -0.25) is 0 Å². The molecule has 0 heterocycles. The molecule has 0 radical (unpaired) electrons. The molecular weight excluding hydrogens is 230 g/mol. The Bertz CT molecular complexity index is 326. The van der Waals surface area contributed by atoms with Crippen molar-refractivity contribution >= 4 is 0 Å². The van der Waals surface area contributed by atoms with Crippen LogP contribution >= 0.6 is 0 Å². The minimum atomic E-state index is 0.633. The number of hydrogen-bond donors (Lipinski definition) is 1. The van der Waals surface area contributed by atoms with Gasteiger partial charge in [-0.1, -0.05) is 58.4 Å². The first kappa shape index (κ1) is 16.2. The molecule has 0 saturated heterocycles. The van der Waals surface area contributed by atoms with Crippen molar-refractivity contribution in [3.05, 3.63) is 35.4 Å². The van der Waals surface area contributed by atoms with Crippen molar-refractivity contribution in [1.29, 1.82) is 0 Å². The molecule has 108 valence electrons. The van der Waals surface area contributed by atoms with E-state index in [1.165, 1.54) is 43.2 Å². The zero-order valence-corrected chi connectivity index (χ0v) is 13.2. The molecule has 0 spiro atoms. The molecule has 0 aliphatic carbocycles. The summed E-state index contributed by atoms with van der Waals surface area (Å²) in [5.41, 5.74) is 2.92. The molecule has 1 aromatic rings. The smallest absolute Gasteiger partial charge is 0.00701 e. The van der Waals surface area contributed by atoms with Crippen LogP contribution < -0.4 is 5.32 Å². The second kappa shape index (κ2) is 9.14. The first-order chi connectivity index (χ1) is 9.17. The summed E-state index contributed by atoms with van der Waals surface area (Å²) in [5, 5.41) is 3.67. The van der Waals surface area contributed by atoms with Crippen LogP contribution in [-0.4, -0.2) is 12.6 Å². The highest BCUT2D eigenvalue weighted by Crippen LogP contribution is 2.16. The number of nitrogens with one attached hydrogen (secondary N) is 1. The van der Waals surface area contributed by atoms with Gasteiger partial charge in [0.05, 0.1) is 0 Å². The zero-order valence-electron chi connectivity index (χ0n) is 13.2. The lowest BCUT2D eigenvalue weighted by molar-refractivity contribution is 0.449. The number of benzene rings is 1. The first-order valence-electron chi connectivity index (χ1n) is 7.99. The maximum Gasteiger partial charge on any atom is 0.00701 e. The van der Waals surface area contributed by atoms with Crippen molar-refractivity contribution in [3.63, 3.8) is 0 Å². The molecule has 0 aromatic heterocycles. The van der Waals surface area contributed by atoms with Gasteiger partial charge in [0.1, 0.15) is 0 Å². The minimum absolute atomic E-state index is 0.633. The third-order valence-corrected chi connectivity index (χ3v) is 3.75. The van der Waals surface area contributed by atoms with E-state index in [1.54, 1.807) is 0 Å². The topological polar surface area (TPSA) is 12.0 Å². The Balaban J connectivity index is 2.44. The molecule has 1 heteroatoms. The van der Waals surface area contributed by atoms with Crippen LogP contribution in [0.15, 0.2) is 24.3 Å². The third kappa shape index (κ3) is 6.24. The van der Waals surface area contributed by atoms with Gasteiger partial charge in [0.2, 0.25) is 0 Å². The first-order valence-corrected chi connectivity index (χ1v) is 7.99. The fourth-order valence-corrected chi connectivity index (χ4v) is 2.46. The van der Waals surface area contributed by atoms with Gasteiger partial charge in [0, 0.05) is 6.04 Å². The standard InChI is InChI=1S/C18H31N/c1-5-7-18(19-14-6-2)13-10-16-8-11-17(12-9-16)15(3)4/h8-9,11-12,15,18-19H,5-7,10,13-14H2,1-4H3. The molecule has 1 unspecified atom stereocenters. The SMILES string of the molecule is CCCNC(CCC)CCc1ccc(C(C)C)cc1. The molecule has 0 saturated carbocycles. The summed E-state index contributed by atoms with van der Waals surface area (Å²) < 4.78 is 0. The summed E-state index contributed by atoms with van der Waals surface area (Å²) in [6.45, 7) is 10.2. The largest absolute Gasteiger partial charge is 0.314 e. The van der Waals surface area contributed by atoms with Crippen molar-refractivity contribution in [3.8, 4) is 0 Å². The summed E-state index contributed by atoms with van der Waals surface area (Å²) in [6, 6.07) is 9.87. The van der Waals surface area contributed by atoms with Crippen LogP contribution in [0.25, 0.3) is 0 Å². The molecule has 0 aliphatic heterocycles. The molecule has 1 N–H and O–H groups in total. The van der Waals surface area contributed by atoms with Gasteiger partial charge in [0.25, 0.3) is 0 Å². The van der Waals surface area contributed by atoms with E-state index in [4.69, 9.17) is 0 Å². The Morgan fingerprint density at radius 3 is 2.16 bits per heavy atom. The Morgan fingerprint density at radius 1 is 0.947 bits per heavy atom. The third-order valence-electron chi connectivity index (χ3n) is 3.75. The van der Waals surface area contributed by atoms with Gasteiger partial charge >= 0.3 is 0 Å². The highest BCUT2D eigenvalue weighted by atomic mass is 14.9. The van der Waals surface area contributed by atoms with Gasteiger partial charge in [-0.25, -0.2) is 0 Å². The molecule has 1 rings (SSSR count). The summed E-state index contributed by atoms with van der Waals surface area (Å²) >= 11 is 0. The normalized spacial score (nSPS) is 12.9. The van der Waals surface area contributed by atoms with E-state index >= 15 is 0 Å². The van der Waals surface area contributed by atoms with Crippen LogP contribution in [0.3, 0.4) is 0 Å². The summed E-state index contributed by atoms with van der Waals surface area (Å²) in [4.78, 5) is 0. The van der Waals surface area contributed by atoms with E-state index in [2.05, 4.69) is 57.3 Å². The Kier molecular flexibility index (Phi) is 7.81. The second-order valence-corrected chi connectivity index (χ2v) is 5.87.